The largest absolute Gasteiger partial charge is 0.323 e. The number of nitrogens with one attached hydrogen (secondary N) is 1. The molecule has 0 aromatic heterocycles. The van der Waals surface area contributed by atoms with Gasteiger partial charge in [0.05, 0.1) is 10.7 Å². The minimum absolute atomic E-state index is 0.0595. The van der Waals surface area contributed by atoms with Crippen LogP contribution in [0.1, 0.15) is 13.8 Å². The minimum atomic E-state index is -0.657. The molecule has 13 heavy (non-hydrogen) atoms. The van der Waals surface area contributed by atoms with Gasteiger partial charge in [-0.25, -0.2) is 4.39 Å². The van der Waals surface area contributed by atoms with Crippen LogP contribution in [0, 0.1) is 0 Å². The summed E-state index contributed by atoms with van der Waals surface area (Å²) in [5.74, 6) is -1.07. The molecule has 0 saturated carbocycles. The summed E-state index contributed by atoms with van der Waals surface area (Å²) in [5, 5.41) is 2.17. The van der Waals surface area contributed by atoms with E-state index in [4.69, 9.17) is 11.6 Å². The predicted molar refractivity (Wildman–Crippen MR) is 51.8 cm³/mol. The first-order chi connectivity index (χ1) is 5.86. The molecular formula is C9H11ClFNO. The van der Waals surface area contributed by atoms with Gasteiger partial charge in [-0.15, -0.1) is 0 Å². The summed E-state index contributed by atoms with van der Waals surface area (Å²) in [6.45, 7) is 9.43. The quantitative estimate of drug-likeness (QED) is 0.702. The molecule has 2 nitrogen and oxygen atoms in total. The number of carbonyl (C=O) groups excluding carboxylic acids is 1. The van der Waals surface area contributed by atoms with E-state index in [1.807, 2.05) is 0 Å². The van der Waals surface area contributed by atoms with E-state index in [1.54, 1.807) is 0 Å². The van der Waals surface area contributed by atoms with Crippen molar-refractivity contribution in [3.63, 3.8) is 0 Å². The molecule has 0 aliphatic heterocycles. The van der Waals surface area contributed by atoms with Gasteiger partial charge in [0.25, 0.3) is 0 Å². The van der Waals surface area contributed by atoms with Gasteiger partial charge in [-0.1, -0.05) is 24.8 Å². The second kappa shape index (κ2) is 4.82. The Hall–Kier alpha value is -1.09. The maximum absolute atomic E-state index is 13.2. The molecule has 0 radical (unpaired) electrons. The van der Waals surface area contributed by atoms with Gasteiger partial charge in [0, 0.05) is 6.92 Å². The van der Waals surface area contributed by atoms with E-state index in [9.17, 15) is 9.18 Å². The van der Waals surface area contributed by atoms with Gasteiger partial charge in [-0.3, -0.25) is 4.79 Å². The Labute approximate surface area is 81.8 Å². The Bertz CT molecular complexity index is 294. The molecule has 4 heteroatoms. The van der Waals surface area contributed by atoms with E-state index < -0.39 is 11.7 Å². The molecule has 0 aliphatic carbocycles. The van der Waals surface area contributed by atoms with Crippen molar-refractivity contribution in [3.8, 4) is 0 Å². The fourth-order valence-corrected chi connectivity index (χ4v) is 0.761. The van der Waals surface area contributed by atoms with Crippen LogP contribution in [-0.4, -0.2) is 5.91 Å². The number of hydrogen-bond donors (Lipinski definition) is 1. The highest BCUT2D eigenvalue weighted by Gasteiger charge is 2.10. The van der Waals surface area contributed by atoms with Crippen molar-refractivity contribution in [2.45, 2.75) is 13.8 Å². The van der Waals surface area contributed by atoms with E-state index in [0.29, 0.717) is 0 Å². The van der Waals surface area contributed by atoms with Crippen molar-refractivity contribution in [2.24, 2.45) is 0 Å². The van der Waals surface area contributed by atoms with E-state index >= 15 is 0 Å². The molecule has 0 aromatic carbocycles. The Kier molecular flexibility index (Phi) is 4.42. The third-order valence-electron chi connectivity index (χ3n) is 1.17. The Morgan fingerprint density at radius 3 is 2.08 bits per heavy atom. The van der Waals surface area contributed by atoms with Gasteiger partial charge >= 0.3 is 0 Å². The lowest BCUT2D eigenvalue weighted by Gasteiger charge is -2.07. The average molecular weight is 204 g/mol. The van der Waals surface area contributed by atoms with Crippen molar-refractivity contribution >= 4 is 17.5 Å². The molecule has 1 amide bonds. The molecule has 0 fully saturated rings. The lowest BCUT2D eigenvalue weighted by Crippen LogP contribution is -2.20. The van der Waals surface area contributed by atoms with Crippen molar-refractivity contribution < 1.29 is 9.18 Å². The molecule has 0 heterocycles. The normalized spacial score (nSPS) is 11.7. The fourth-order valence-electron chi connectivity index (χ4n) is 0.631. The van der Waals surface area contributed by atoms with Crippen molar-refractivity contribution in [3.05, 3.63) is 35.3 Å². The zero-order valence-corrected chi connectivity index (χ0v) is 8.33. The number of rotatable bonds is 3. The SMILES string of the molecule is C=C(C)/C(F)=C(/NC(C)=O)C(=C)Cl. The summed E-state index contributed by atoms with van der Waals surface area (Å²) in [4.78, 5) is 10.6. The summed E-state index contributed by atoms with van der Waals surface area (Å²) >= 11 is 5.48. The van der Waals surface area contributed by atoms with Crippen LogP contribution in [-0.2, 0) is 4.79 Å². The molecular weight excluding hydrogens is 193 g/mol. The van der Waals surface area contributed by atoms with Gasteiger partial charge in [0.2, 0.25) is 5.91 Å². The van der Waals surface area contributed by atoms with Crippen LogP contribution >= 0.6 is 11.6 Å². The highest BCUT2D eigenvalue weighted by atomic mass is 35.5. The van der Waals surface area contributed by atoms with Gasteiger partial charge < -0.3 is 5.32 Å². The molecule has 0 spiro atoms. The predicted octanol–water partition coefficient (Wildman–Crippen LogP) is 2.63. The Balaban J connectivity index is 5.00. The third kappa shape index (κ3) is 3.90. The fraction of sp³-hybridized carbons (Fsp3) is 0.222. The Morgan fingerprint density at radius 2 is 1.85 bits per heavy atom. The first kappa shape index (κ1) is 11.9. The zero-order valence-electron chi connectivity index (χ0n) is 7.58. The lowest BCUT2D eigenvalue weighted by atomic mass is 10.2. The van der Waals surface area contributed by atoms with E-state index in [0.717, 1.165) is 0 Å². The average Bonchev–Trinajstić information content (AvgIpc) is 1.97. The third-order valence-corrected chi connectivity index (χ3v) is 1.36. The van der Waals surface area contributed by atoms with Crippen LogP contribution in [0.25, 0.3) is 0 Å². The topological polar surface area (TPSA) is 29.1 Å². The molecule has 0 bridgehead atoms. The zero-order chi connectivity index (χ0) is 10.6. The molecule has 0 aliphatic rings. The standard InChI is InChI=1S/C9H11ClFNO/c1-5(2)8(11)9(6(3)10)12-7(4)13/h1,3H2,2,4H3,(H,12,13)/b9-8-. The molecule has 0 unspecified atom stereocenters. The van der Waals surface area contributed by atoms with Gasteiger partial charge in [-0.05, 0) is 12.5 Å². The molecule has 72 valence electrons. The van der Waals surface area contributed by atoms with Crippen molar-refractivity contribution in [1.29, 1.82) is 0 Å². The van der Waals surface area contributed by atoms with Crippen LogP contribution in [0.4, 0.5) is 4.39 Å². The summed E-state index contributed by atoms with van der Waals surface area (Å²) in [7, 11) is 0. The Morgan fingerprint density at radius 1 is 1.38 bits per heavy atom. The lowest BCUT2D eigenvalue weighted by molar-refractivity contribution is -0.118. The smallest absolute Gasteiger partial charge is 0.221 e. The molecule has 0 saturated heterocycles. The van der Waals surface area contributed by atoms with Gasteiger partial charge in [0.1, 0.15) is 0 Å². The number of allylic oxidation sites excluding steroid dienone is 3. The van der Waals surface area contributed by atoms with E-state index in [-0.39, 0.29) is 16.3 Å². The van der Waals surface area contributed by atoms with Gasteiger partial charge in [0.15, 0.2) is 5.83 Å². The molecule has 0 atom stereocenters. The molecule has 0 rings (SSSR count). The monoisotopic (exact) mass is 203 g/mol. The summed E-state index contributed by atoms with van der Waals surface area (Å²) < 4.78 is 13.2. The number of amides is 1. The second-order valence-electron chi connectivity index (χ2n) is 2.56. The maximum Gasteiger partial charge on any atom is 0.221 e. The van der Waals surface area contributed by atoms with E-state index in [2.05, 4.69) is 18.5 Å². The first-order valence-electron chi connectivity index (χ1n) is 3.54. The molecule has 0 aromatic rings. The minimum Gasteiger partial charge on any atom is -0.323 e. The highest BCUT2D eigenvalue weighted by molar-refractivity contribution is 6.31. The number of halogens is 2. The summed E-state index contributed by atoms with van der Waals surface area (Å²) in [6, 6.07) is 0. The van der Waals surface area contributed by atoms with Crippen molar-refractivity contribution in [1.82, 2.24) is 5.32 Å². The van der Waals surface area contributed by atoms with Crippen LogP contribution in [0.15, 0.2) is 35.3 Å². The van der Waals surface area contributed by atoms with E-state index in [1.165, 1.54) is 13.8 Å². The van der Waals surface area contributed by atoms with Crippen LogP contribution in [0.3, 0.4) is 0 Å². The summed E-state index contributed by atoms with van der Waals surface area (Å²) in [5.41, 5.74) is 0.0622. The summed E-state index contributed by atoms with van der Waals surface area (Å²) in [6.07, 6.45) is 0. The van der Waals surface area contributed by atoms with Crippen LogP contribution in [0.2, 0.25) is 0 Å². The molecule has 1 N–H and O–H groups in total. The number of hydrogen-bond acceptors (Lipinski definition) is 1. The first-order valence-corrected chi connectivity index (χ1v) is 3.92. The van der Waals surface area contributed by atoms with Crippen molar-refractivity contribution in [2.75, 3.05) is 0 Å². The highest BCUT2D eigenvalue weighted by Crippen LogP contribution is 2.20. The van der Waals surface area contributed by atoms with Crippen LogP contribution < -0.4 is 5.32 Å². The maximum atomic E-state index is 13.2. The number of carbonyl (C=O) groups is 1. The van der Waals surface area contributed by atoms with Gasteiger partial charge in [-0.2, -0.15) is 0 Å². The van der Waals surface area contributed by atoms with Crippen LogP contribution in [0.5, 0.6) is 0 Å². The second-order valence-corrected chi connectivity index (χ2v) is 3.01.